The number of esters is 2. The van der Waals surface area contributed by atoms with Crippen molar-refractivity contribution in [2.75, 3.05) is 47.5 Å². The maximum atomic E-state index is 12.8. The van der Waals surface area contributed by atoms with Crippen molar-refractivity contribution in [1.82, 2.24) is 0 Å². The number of allylic oxidation sites excluding steroid dienone is 8. The molecular formula is C54H98NO8+. The molecule has 0 saturated heterocycles. The first-order valence-corrected chi connectivity index (χ1v) is 25.8. The molecule has 0 spiro atoms. The molecular weight excluding hydrogens is 791 g/mol. The van der Waals surface area contributed by atoms with Crippen molar-refractivity contribution in [3.63, 3.8) is 0 Å². The van der Waals surface area contributed by atoms with Crippen LogP contribution in [-0.4, -0.2) is 87.4 Å². The number of aliphatic carboxylic acids is 1. The van der Waals surface area contributed by atoms with E-state index in [4.69, 9.17) is 18.9 Å². The summed E-state index contributed by atoms with van der Waals surface area (Å²) in [5, 5.41) is 9.67. The number of carboxylic acids is 1. The second kappa shape index (κ2) is 45.8. The number of unbranched alkanes of at least 4 members (excludes halogenated alkanes) is 24. The number of ether oxygens (including phenoxy) is 4. The van der Waals surface area contributed by atoms with Crippen molar-refractivity contribution in [2.24, 2.45) is 0 Å². The molecule has 0 aromatic carbocycles. The lowest BCUT2D eigenvalue weighted by molar-refractivity contribution is -0.870. The Morgan fingerprint density at radius 1 is 0.492 bits per heavy atom. The first-order chi connectivity index (χ1) is 30.6. The van der Waals surface area contributed by atoms with Crippen molar-refractivity contribution in [3.05, 3.63) is 48.6 Å². The van der Waals surface area contributed by atoms with Crippen LogP contribution in [0.5, 0.6) is 0 Å². The predicted octanol–water partition coefficient (Wildman–Crippen LogP) is 14.3. The molecule has 0 rings (SSSR count). The van der Waals surface area contributed by atoms with E-state index in [0.717, 1.165) is 70.6 Å². The van der Waals surface area contributed by atoms with Gasteiger partial charge in [-0.2, -0.15) is 0 Å². The van der Waals surface area contributed by atoms with Crippen LogP contribution in [0.25, 0.3) is 0 Å². The summed E-state index contributed by atoms with van der Waals surface area (Å²) in [6.45, 7) is 4.77. The molecule has 1 N–H and O–H groups in total. The van der Waals surface area contributed by atoms with Gasteiger partial charge in [0.15, 0.2) is 6.10 Å². The second-order valence-electron chi connectivity index (χ2n) is 18.5. The van der Waals surface area contributed by atoms with Crippen LogP contribution in [0, 0.1) is 0 Å². The zero-order valence-electron chi connectivity index (χ0n) is 41.5. The quantitative estimate of drug-likeness (QED) is 0.0212. The third kappa shape index (κ3) is 47.0. The largest absolute Gasteiger partial charge is 0.477 e. The van der Waals surface area contributed by atoms with Crippen LogP contribution in [0.2, 0.25) is 0 Å². The number of hydrogen-bond acceptors (Lipinski definition) is 7. The van der Waals surface area contributed by atoms with Crippen LogP contribution < -0.4 is 0 Å². The molecule has 0 aromatic heterocycles. The normalized spacial score (nSPS) is 13.2. The fraction of sp³-hybridized carbons (Fsp3) is 0.796. The monoisotopic (exact) mass is 889 g/mol. The molecule has 9 heteroatoms. The fourth-order valence-electron chi connectivity index (χ4n) is 7.12. The van der Waals surface area contributed by atoms with Crippen LogP contribution in [0.1, 0.15) is 219 Å². The number of nitrogens with zero attached hydrogens (tertiary/aromatic N) is 1. The molecule has 2 unspecified atom stereocenters. The highest BCUT2D eigenvalue weighted by Crippen LogP contribution is 2.16. The van der Waals surface area contributed by atoms with Gasteiger partial charge in [0, 0.05) is 12.8 Å². The standard InChI is InChI=1S/C54H97NO8/c1-6-8-10-12-14-16-18-20-22-23-24-25-26-27-28-29-31-33-35-37-39-41-43-45-52(57)63-50(49-62-54(53(58)59)60-47-46-55(3,4)5)48-61-51(56)44-42-40-38-36-34-32-30-21-19-17-15-13-11-9-7-2/h8,10,14,16,20,22,24-25,50,54H,6-7,9,11-13,15,17-19,21,23,26-49H2,1-5H3/p+1/b10-8-,16-14-,22-20-,25-24-. The van der Waals surface area contributed by atoms with Gasteiger partial charge < -0.3 is 28.5 Å². The number of quaternary nitrogens is 1. The minimum absolute atomic E-state index is 0.182. The van der Waals surface area contributed by atoms with Gasteiger partial charge in [-0.3, -0.25) is 9.59 Å². The van der Waals surface area contributed by atoms with Crippen molar-refractivity contribution in [3.8, 4) is 0 Å². The van der Waals surface area contributed by atoms with E-state index in [9.17, 15) is 19.5 Å². The highest BCUT2D eigenvalue weighted by molar-refractivity contribution is 5.71. The van der Waals surface area contributed by atoms with E-state index < -0.39 is 24.3 Å². The first-order valence-electron chi connectivity index (χ1n) is 25.8. The summed E-state index contributed by atoms with van der Waals surface area (Å²) in [6, 6.07) is 0. The minimum atomic E-state index is -1.51. The Morgan fingerprint density at radius 2 is 0.905 bits per heavy atom. The zero-order valence-corrected chi connectivity index (χ0v) is 41.5. The summed E-state index contributed by atoms with van der Waals surface area (Å²) in [5.74, 6) is -2.00. The number of carbonyl (C=O) groups excluding carboxylic acids is 2. The van der Waals surface area contributed by atoms with Crippen LogP contribution in [0.15, 0.2) is 48.6 Å². The molecule has 0 aliphatic heterocycles. The highest BCUT2D eigenvalue weighted by Gasteiger charge is 2.25. The third-order valence-electron chi connectivity index (χ3n) is 11.1. The van der Waals surface area contributed by atoms with Gasteiger partial charge in [-0.05, 0) is 51.4 Å². The van der Waals surface area contributed by atoms with E-state index in [1.54, 1.807) is 0 Å². The van der Waals surface area contributed by atoms with Gasteiger partial charge in [-0.15, -0.1) is 0 Å². The van der Waals surface area contributed by atoms with Crippen molar-refractivity contribution < 1.29 is 42.9 Å². The Bertz CT molecular complexity index is 1170. The Hall–Kier alpha value is -2.75. The van der Waals surface area contributed by atoms with Gasteiger partial charge in [-0.25, -0.2) is 4.79 Å². The van der Waals surface area contributed by atoms with Crippen LogP contribution in [0.3, 0.4) is 0 Å². The second-order valence-corrected chi connectivity index (χ2v) is 18.5. The average Bonchev–Trinajstić information content (AvgIpc) is 3.24. The zero-order chi connectivity index (χ0) is 46.3. The van der Waals surface area contributed by atoms with E-state index >= 15 is 0 Å². The lowest BCUT2D eigenvalue weighted by Gasteiger charge is -2.25. The summed E-state index contributed by atoms with van der Waals surface area (Å²) in [6.07, 6.45) is 51.7. The molecule has 0 radical (unpaired) electrons. The molecule has 0 aromatic rings. The van der Waals surface area contributed by atoms with Gasteiger partial charge in [0.05, 0.1) is 34.4 Å². The molecule has 0 saturated carbocycles. The van der Waals surface area contributed by atoms with E-state index in [2.05, 4.69) is 62.5 Å². The van der Waals surface area contributed by atoms with Gasteiger partial charge in [-0.1, -0.05) is 204 Å². The third-order valence-corrected chi connectivity index (χ3v) is 11.1. The summed E-state index contributed by atoms with van der Waals surface area (Å²) in [5.41, 5.74) is 0. The maximum Gasteiger partial charge on any atom is 0.361 e. The number of carbonyl (C=O) groups is 3. The Balaban J connectivity index is 4.31. The summed E-state index contributed by atoms with van der Waals surface area (Å²) in [7, 11) is 5.96. The Labute approximate surface area is 387 Å². The summed E-state index contributed by atoms with van der Waals surface area (Å²) < 4.78 is 22.8. The van der Waals surface area contributed by atoms with E-state index in [0.29, 0.717) is 23.9 Å². The van der Waals surface area contributed by atoms with Crippen molar-refractivity contribution in [1.29, 1.82) is 0 Å². The summed E-state index contributed by atoms with van der Waals surface area (Å²) >= 11 is 0. The molecule has 0 aliphatic rings. The molecule has 366 valence electrons. The number of hydrogen-bond donors (Lipinski definition) is 1. The SMILES string of the molecule is CC/C=C\C/C=C\C/C=C\C/C=C\CCCCCCCCCCCCC(=O)OC(COC(=O)CCCCCCCCCCCCCCCCC)COC(OCC[N+](C)(C)C)C(=O)O. The molecule has 2 atom stereocenters. The molecule has 63 heavy (non-hydrogen) atoms. The van der Waals surface area contributed by atoms with Gasteiger partial charge in [0.2, 0.25) is 0 Å². The highest BCUT2D eigenvalue weighted by atomic mass is 16.7. The average molecular weight is 889 g/mol. The van der Waals surface area contributed by atoms with Crippen LogP contribution in [-0.2, 0) is 33.3 Å². The molecule has 9 nitrogen and oxygen atoms in total. The maximum absolute atomic E-state index is 12.8. The predicted molar refractivity (Wildman–Crippen MR) is 263 cm³/mol. The topological polar surface area (TPSA) is 108 Å². The van der Waals surface area contributed by atoms with Gasteiger partial charge >= 0.3 is 17.9 Å². The Kier molecular flexibility index (Phi) is 43.8. The van der Waals surface area contributed by atoms with Crippen LogP contribution in [0.4, 0.5) is 0 Å². The summed E-state index contributed by atoms with van der Waals surface area (Å²) in [4.78, 5) is 37.3. The van der Waals surface area contributed by atoms with E-state index in [1.807, 2.05) is 21.1 Å². The van der Waals surface area contributed by atoms with E-state index in [-0.39, 0.29) is 32.2 Å². The smallest absolute Gasteiger partial charge is 0.361 e. The first kappa shape index (κ1) is 60.2. The number of likely N-dealkylation sites (N-methyl/N-ethyl adjacent to an activating group) is 1. The van der Waals surface area contributed by atoms with Gasteiger partial charge in [0.25, 0.3) is 6.29 Å². The Morgan fingerprint density at radius 3 is 1.35 bits per heavy atom. The molecule has 0 fully saturated rings. The van der Waals surface area contributed by atoms with Crippen molar-refractivity contribution in [2.45, 2.75) is 232 Å². The number of carboxylic acid groups (broad SMARTS) is 1. The lowest BCUT2D eigenvalue weighted by Crippen LogP contribution is -2.40. The molecule has 0 bridgehead atoms. The van der Waals surface area contributed by atoms with Crippen molar-refractivity contribution >= 4 is 17.9 Å². The van der Waals surface area contributed by atoms with Gasteiger partial charge in [0.1, 0.15) is 13.2 Å². The van der Waals surface area contributed by atoms with Crippen LogP contribution >= 0.6 is 0 Å². The fourth-order valence-corrected chi connectivity index (χ4v) is 7.12. The molecule has 0 amide bonds. The minimum Gasteiger partial charge on any atom is -0.477 e. The molecule has 0 aliphatic carbocycles. The lowest BCUT2D eigenvalue weighted by atomic mass is 10.0. The number of rotatable bonds is 47. The molecule has 0 heterocycles. The van der Waals surface area contributed by atoms with E-state index in [1.165, 1.54) is 116 Å².